The molecule has 0 unspecified atom stereocenters. The second-order valence-corrected chi connectivity index (χ2v) is 5.47. The van der Waals surface area contributed by atoms with Gasteiger partial charge in [0.2, 0.25) is 0 Å². The summed E-state index contributed by atoms with van der Waals surface area (Å²) >= 11 is 5.13. The van der Waals surface area contributed by atoms with Gasteiger partial charge in [-0.05, 0) is 23.7 Å². The lowest BCUT2D eigenvalue weighted by Gasteiger charge is -2.06. The summed E-state index contributed by atoms with van der Waals surface area (Å²) in [7, 11) is 0. The van der Waals surface area contributed by atoms with E-state index in [-0.39, 0.29) is 23.1 Å². The van der Waals surface area contributed by atoms with E-state index < -0.39 is 22.1 Å². The van der Waals surface area contributed by atoms with Gasteiger partial charge in [-0.1, -0.05) is 27.7 Å². The number of esters is 2. The van der Waals surface area contributed by atoms with Crippen molar-refractivity contribution in [2.24, 2.45) is 11.8 Å². The van der Waals surface area contributed by atoms with Crippen molar-refractivity contribution < 1.29 is 24.0 Å². The SMILES string of the molecule is CC(C)C(=O)OC(=O)C(C)C.O=C(Cl)c1ccc([N+](=O)[O-])cc1. The molecule has 0 aliphatic carbocycles. The van der Waals surface area contributed by atoms with Gasteiger partial charge < -0.3 is 4.74 Å². The lowest BCUT2D eigenvalue weighted by Crippen LogP contribution is -2.20. The van der Waals surface area contributed by atoms with Crippen molar-refractivity contribution >= 4 is 34.5 Å². The monoisotopic (exact) mass is 343 g/mol. The Bertz CT molecular complexity index is 529. The Morgan fingerprint density at radius 1 is 1.00 bits per heavy atom. The van der Waals surface area contributed by atoms with Crippen LogP contribution in [-0.2, 0) is 14.3 Å². The van der Waals surface area contributed by atoms with Crippen molar-refractivity contribution in [3.05, 3.63) is 39.9 Å². The van der Waals surface area contributed by atoms with Crippen LogP contribution in [0.3, 0.4) is 0 Å². The minimum Gasteiger partial charge on any atom is -0.393 e. The first-order valence-electron chi connectivity index (χ1n) is 6.76. The van der Waals surface area contributed by atoms with E-state index in [0.717, 1.165) is 0 Å². The molecule has 0 aliphatic rings. The molecule has 1 aromatic carbocycles. The summed E-state index contributed by atoms with van der Waals surface area (Å²) in [5.41, 5.74) is 0.193. The third kappa shape index (κ3) is 8.06. The van der Waals surface area contributed by atoms with E-state index >= 15 is 0 Å². The molecule has 0 saturated carbocycles. The largest absolute Gasteiger partial charge is 0.393 e. The summed E-state index contributed by atoms with van der Waals surface area (Å²) in [5.74, 6) is -1.39. The average molecular weight is 344 g/mol. The molecule has 0 spiro atoms. The van der Waals surface area contributed by atoms with Crippen LogP contribution in [0.2, 0.25) is 0 Å². The van der Waals surface area contributed by atoms with Gasteiger partial charge >= 0.3 is 11.9 Å². The standard InChI is InChI=1S/C8H14O3.C7H4ClNO3/c1-5(2)7(9)11-8(10)6(3)4;8-7(10)5-1-3-6(4-2-5)9(11)12/h5-6H,1-4H3;1-4H. The van der Waals surface area contributed by atoms with E-state index in [2.05, 4.69) is 4.74 Å². The summed E-state index contributed by atoms with van der Waals surface area (Å²) in [4.78, 5) is 41.8. The second kappa shape index (κ2) is 9.68. The highest BCUT2D eigenvalue weighted by molar-refractivity contribution is 6.67. The van der Waals surface area contributed by atoms with Crippen LogP contribution < -0.4 is 0 Å². The number of rotatable bonds is 4. The smallest absolute Gasteiger partial charge is 0.316 e. The quantitative estimate of drug-likeness (QED) is 0.273. The Balaban J connectivity index is 0.000000423. The Labute approximate surface area is 138 Å². The Hall–Kier alpha value is -2.28. The molecule has 126 valence electrons. The predicted octanol–water partition coefficient (Wildman–Crippen LogP) is 3.34. The number of ether oxygens (including phenoxy) is 1. The number of nitro benzene ring substituents is 1. The lowest BCUT2D eigenvalue weighted by atomic mass is 10.2. The molecular formula is C15H18ClNO6. The summed E-state index contributed by atoms with van der Waals surface area (Å²) < 4.78 is 4.50. The molecule has 0 amide bonds. The topological polar surface area (TPSA) is 104 Å². The minimum absolute atomic E-state index is 0.0586. The van der Waals surface area contributed by atoms with Gasteiger partial charge in [0.25, 0.3) is 10.9 Å². The average Bonchev–Trinajstić information content (AvgIpc) is 2.47. The number of benzene rings is 1. The van der Waals surface area contributed by atoms with E-state index in [9.17, 15) is 24.5 Å². The first-order valence-corrected chi connectivity index (χ1v) is 7.13. The van der Waals surface area contributed by atoms with Gasteiger partial charge in [0.05, 0.1) is 16.8 Å². The van der Waals surface area contributed by atoms with Crippen LogP contribution >= 0.6 is 11.6 Å². The van der Waals surface area contributed by atoms with Crippen molar-refractivity contribution in [1.82, 2.24) is 0 Å². The molecule has 0 saturated heterocycles. The fraction of sp³-hybridized carbons (Fsp3) is 0.400. The number of hydrogen-bond donors (Lipinski definition) is 0. The van der Waals surface area contributed by atoms with Crippen LogP contribution in [0, 0.1) is 22.0 Å². The van der Waals surface area contributed by atoms with Gasteiger partial charge in [-0.25, -0.2) is 0 Å². The molecule has 23 heavy (non-hydrogen) atoms. The Morgan fingerprint density at radius 3 is 1.65 bits per heavy atom. The fourth-order valence-electron chi connectivity index (χ4n) is 1.05. The molecule has 1 aromatic rings. The van der Waals surface area contributed by atoms with E-state index in [0.29, 0.717) is 0 Å². The summed E-state index contributed by atoms with van der Waals surface area (Å²) in [6, 6.07) is 5.09. The van der Waals surface area contributed by atoms with Crippen molar-refractivity contribution in [2.75, 3.05) is 0 Å². The maximum absolute atomic E-state index is 10.8. The molecule has 0 bridgehead atoms. The molecule has 0 aliphatic heterocycles. The van der Waals surface area contributed by atoms with Crippen molar-refractivity contribution in [3.8, 4) is 0 Å². The number of nitrogens with zero attached hydrogens (tertiary/aromatic N) is 1. The van der Waals surface area contributed by atoms with E-state index in [1.165, 1.54) is 24.3 Å². The van der Waals surface area contributed by atoms with Gasteiger partial charge in [0.15, 0.2) is 0 Å². The van der Waals surface area contributed by atoms with Crippen LogP contribution in [-0.4, -0.2) is 22.1 Å². The van der Waals surface area contributed by atoms with Crippen molar-refractivity contribution in [1.29, 1.82) is 0 Å². The first kappa shape index (κ1) is 20.7. The minimum atomic E-state index is -0.620. The normalized spacial score (nSPS) is 9.87. The van der Waals surface area contributed by atoms with Crippen molar-refractivity contribution in [2.45, 2.75) is 27.7 Å². The maximum Gasteiger partial charge on any atom is 0.316 e. The fourth-order valence-corrected chi connectivity index (χ4v) is 1.18. The van der Waals surface area contributed by atoms with E-state index in [1.807, 2.05) is 0 Å². The second-order valence-electron chi connectivity index (χ2n) is 5.13. The van der Waals surface area contributed by atoms with Crippen LogP contribution in [0.15, 0.2) is 24.3 Å². The Morgan fingerprint density at radius 2 is 1.39 bits per heavy atom. The van der Waals surface area contributed by atoms with Crippen LogP contribution in [0.25, 0.3) is 0 Å². The van der Waals surface area contributed by atoms with Gasteiger partial charge in [-0.2, -0.15) is 0 Å². The van der Waals surface area contributed by atoms with E-state index in [4.69, 9.17) is 11.6 Å². The van der Waals surface area contributed by atoms with E-state index in [1.54, 1.807) is 27.7 Å². The zero-order valence-corrected chi connectivity index (χ0v) is 14.0. The molecule has 0 fully saturated rings. The number of nitro groups is 1. The summed E-state index contributed by atoms with van der Waals surface area (Å²) in [5, 5.41) is 9.55. The molecule has 1 rings (SSSR count). The molecule has 8 heteroatoms. The van der Waals surface area contributed by atoms with Gasteiger partial charge in [-0.3, -0.25) is 24.5 Å². The summed E-state index contributed by atoms with van der Waals surface area (Å²) in [6.07, 6.45) is 0. The number of non-ortho nitro benzene ring substituents is 1. The molecule has 0 N–H and O–H groups in total. The molecule has 0 aromatic heterocycles. The van der Waals surface area contributed by atoms with Gasteiger partial charge in [0, 0.05) is 17.7 Å². The number of carbonyl (C=O) groups excluding carboxylic acids is 3. The van der Waals surface area contributed by atoms with Gasteiger partial charge in [0.1, 0.15) is 0 Å². The van der Waals surface area contributed by atoms with Crippen LogP contribution in [0.5, 0.6) is 0 Å². The zero-order chi connectivity index (χ0) is 18.2. The molecule has 0 heterocycles. The number of hydrogen-bond acceptors (Lipinski definition) is 6. The first-order chi connectivity index (χ1) is 10.6. The highest BCUT2D eigenvalue weighted by Crippen LogP contribution is 2.12. The third-order valence-corrected chi connectivity index (χ3v) is 2.67. The van der Waals surface area contributed by atoms with Crippen LogP contribution in [0.1, 0.15) is 38.1 Å². The number of carbonyl (C=O) groups is 3. The predicted molar refractivity (Wildman–Crippen MR) is 84.1 cm³/mol. The molecule has 7 nitrogen and oxygen atoms in total. The zero-order valence-electron chi connectivity index (χ0n) is 13.2. The van der Waals surface area contributed by atoms with Crippen molar-refractivity contribution in [3.63, 3.8) is 0 Å². The highest BCUT2D eigenvalue weighted by Gasteiger charge is 2.16. The Kier molecular flexibility index (Phi) is 8.72. The third-order valence-electron chi connectivity index (χ3n) is 2.45. The van der Waals surface area contributed by atoms with Crippen LogP contribution in [0.4, 0.5) is 5.69 Å². The van der Waals surface area contributed by atoms with Gasteiger partial charge in [-0.15, -0.1) is 0 Å². The molecule has 0 atom stereocenters. The lowest BCUT2D eigenvalue weighted by molar-refractivity contribution is -0.384. The summed E-state index contributed by atoms with van der Waals surface area (Å²) in [6.45, 7) is 6.76. The number of halogens is 1. The molecular weight excluding hydrogens is 326 g/mol. The molecule has 0 radical (unpaired) electrons. The highest BCUT2D eigenvalue weighted by atomic mass is 35.5. The maximum atomic E-state index is 10.8.